The summed E-state index contributed by atoms with van der Waals surface area (Å²) in [6, 6.07) is 53.4. The molecule has 0 fully saturated rings. The second kappa shape index (κ2) is 11.0. The summed E-state index contributed by atoms with van der Waals surface area (Å²) in [5.74, 6) is 3.36. The van der Waals surface area contributed by atoms with E-state index in [9.17, 15) is 0 Å². The Balaban J connectivity index is 1.32. The summed E-state index contributed by atoms with van der Waals surface area (Å²) < 4.78 is 13.6. The zero-order valence-electron chi connectivity index (χ0n) is 25.0. The monoisotopic (exact) mass is 587 g/mol. The number of hydrogen-bond acceptors (Lipinski definition) is 3. The minimum absolute atomic E-state index is 0.0867. The smallest absolute Gasteiger partial charge is 0.256 e. The molecule has 214 valence electrons. The molecular formula is C41H27B2NO2. The minimum atomic E-state index is -0.111. The lowest BCUT2D eigenvalue weighted by atomic mass is 9.31. The lowest BCUT2D eigenvalue weighted by Gasteiger charge is -2.34. The van der Waals surface area contributed by atoms with E-state index in [4.69, 9.17) is 9.47 Å². The van der Waals surface area contributed by atoms with Crippen LogP contribution < -0.4 is 42.3 Å². The first-order chi connectivity index (χ1) is 22.8. The highest BCUT2D eigenvalue weighted by Gasteiger charge is 2.42. The van der Waals surface area contributed by atoms with Crippen LogP contribution in [0.25, 0.3) is 22.3 Å². The standard InChI is InChI=1S/C41H27B2NO2/c1-3-13-28(14-4-1)30-17-7-9-19-32(30)42-35-23-24-39-40(41(35)46-38-25-26-44-27-36(38)42)43(34-21-11-12-22-37(34)45-39)33-20-10-8-18-31(33)29-15-5-2-6-16-29/h1-27H. The maximum Gasteiger partial charge on any atom is 0.256 e. The average Bonchev–Trinajstić information content (AvgIpc) is 3.13. The number of para-hydroxylation sites is 1. The first-order valence-corrected chi connectivity index (χ1v) is 15.7. The molecule has 0 saturated heterocycles. The Morgan fingerprint density at radius 1 is 0.391 bits per heavy atom. The van der Waals surface area contributed by atoms with Gasteiger partial charge in [0.2, 0.25) is 0 Å². The van der Waals surface area contributed by atoms with Crippen molar-refractivity contribution >= 4 is 46.2 Å². The van der Waals surface area contributed by atoms with E-state index in [1.165, 1.54) is 33.2 Å². The maximum absolute atomic E-state index is 6.97. The van der Waals surface area contributed by atoms with E-state index in [0.717, 1.165) is 44.8 Å². The second-order valence-electron chi connectivity index (χ2n) is 11.8. The number of fused-ring (bicyclic) bond motifs is 5. The molecule has 5 heteroatoms. The van der Waals surface area contributed by atoms with Crippen molar-refractivity contribution in [2.24, 2.45) is 0 Å². The predicted octanol–water partition coefficient (Wildman–Crippen LogP) is 5.66. The molecular weight excluding hydrogens is 560 g/mol. The van der Waals surface area contributed by atoms with E-state index in [0.29, 0.717) is 0 Å². The number of nitrogens with zero attached hydrogens (tertiary/aromatic N) is 1. The molecule has 0 bridgehead atoms. The van der Waals surface area contributed by atoms with Gasteiger partial charge in [-0.2, -0.15) is 0 Å². The fourth-order valence-corrected chi connectivity index (χ4v) is 7.29. The van der Waals surface area contributed by atoms with Gasteiger partial charge in [-0.3, -0.25) is 4.98 Å². The molecule has 3 nitrogen and oxygen atoms in total. The van der Waals surface area contributed by atoms with Gasteiger partial charge in [0.05, 0.1) is 0 Å². The fraction of sp³-hybridized carbons (Fsp3) is 0. The van der Waals surface area contributed by atoms with Crippen molar-refractivity contribution < 1.29 is 9.47 Å². The predicted molar refractivity (Wildman–Crippen MR) is 190 cm³/mol. The lowest BCUT2D eigenvalue weighted by Crippen LogP contribution is -2.61. The van der Waals surface area contributed by atoms with Gasteiger partial charge >= 0.3 is 0 Å². The van der Waals surface area contributed by atoms with E-state index in [1.54, 1.807) is 0 Å². The van der Waals surface area contributed by atoms with Crippen LogP contribution in [0, 0.1) is 0 Å². The molecule has 7 aromatic rings. The van der Waals surface area contributed by atoms with Crippen molar-refractivity contribution in [1.82, 2.24) is 4.98 Å². The molecule has 0 amide bonds. The molecule has 0 radical (unpaired) electrons. The van der Waals surface area contributed by atoms with Gasteiger partial charge in [0.1, 0.15) is 23.0 Å². The normalized spacial score (nSPS) is 12.6. The largest absolute Gasteiger partial charge is 0.459 e. The highest BCUT2D eigenvalue weighted by atomic mass is 16.5. The number of aromatic nitrogens is 1. The van der Waals surface area contributed by atoms with E-state index < -0.39 is 0 Å². The van der Waals surface area contributed by atoms with Crippen LogP contribution in [0.1, 0.15) is 0 Å². The Hall–Kier alpha value is -5.80. The summed E-state index contributed by atoms with van der Waals surface area (Å²) in [4.78, 5) is 4.57. The summed E-state index contributed by atoms with van der Waals surface area (Å²) in [5, 5.41) is 0. The van der Waals surface area contributed by atoms with Crippen molar-refractivity contribution in [2.45, 2.75) is 0 Å². The van der Waals surface area contributed by atoms with Gasteiger partial charge in [0.25, 0.3) is 13.4 Å². The van der Waals surface area contributed by atoms with Crippen LogP contribution in [-0.2, 0) is 0 Å². The molecule has 0 spiro atoms. The van der Waals surface area contributed by atoms with Crippen molar-refractivity contribution in [1.29, 1.82) is 0 Å². The van der Waals surface area contributed by atoms with E-state index in [-0.39, 0.29) is 13.4 Å². The van der Waals surface area contributed by atoms with Crippen LogP contribution >= 0.6 is 0 Å². The maximum atomic E-state index is 6.97. The van der Waals surface area contributed by atoms with Crippen molar-refractivity contribution in [3.8, 4) is 45.3 Å². The highest BCUT2D eigenvalue weighted by Crippen LogP contribution is 2.33. The fourth-order valence-electron chi connectivity index (χ4n) is 7.29. The minimum Gasteiger partial charge on any atom is -0.459 e. The quantitative estimate of drug-likeness (QED) is 0.249. The zero-order valence-corrected chi connectivity index (χ0v) is 25.0. The second-order valence-corrected chi connectivity index (χ2v) is 11.8. The molecule has 2 aliphatic rings. The van der Waals surface area contributed by atoms with Gasteiger partial charge in [0, 0.05) is 17.9 Å². The van der Waals surface area contributed by atoms with Crippen molar-refractivity contribution in [2.75, 3.05) is 0 Å². The average molecular weight is 587 g/mol. The number of ether oxygens (including phenoxy) is 2. The van der Waals surface area contributed by atoms with Gasteiger partial charge in [-0.15, -0.1) is 0 Å². The van der Waals surface area contributed by atoms with Crippen LogP contribution in [0.5, 0.6) is 23.0 Å². The molecule has 0 unspecified atom stereocenters. The van der Waals surface area contributed by atoms with Crippen molar-refractivity contribution in [3.63, 3.8) is 0 Å². The molecule has 3 heterocycles. The Morgan fingerprint density at radius 2 is 0.957 bits per heavy atom. The lowest BCUT2D eigenvalue weighted by molar-refractivity contribution is 0.469. The Morgan fingerprint density at radius 3 is 1.65 bits per heavy atom. The summed E-state index contributed by atoms with van der Waals surface area (Å²) in [5.41, 5.74) is 11.5. The molecule has 0 aliphatic carbocycles. The van der Waals surface area contributed by atoms with Crippen LogP contribution in [0.15, 0.2) is 164 Å². The Labute approximate surface area is 269 Å². The van der Waals surface area contributed by atoms with Gasteiger partial charge in [-0.25, -0.2) is 0 Å². The number of hydrogen-bond donors (Lipinski definition) is 0. The molecule has 9 rings (SSSR count). The first-order valence-electron chi connectivity index (χ1n) is 15.7. The molecule has 2 aliphatic heterocycles. The zero-order chi connectivity index (χ0) is 30.5. The Bertz CT molecular complexity index is 2240. The first kappa shape index (κ1) is 26.6. The number of rotatable bonds is 4. The molecule has 0 atom stereocenters. The third kappa shape index (κ3) is 4.28. The number of benzene rings is 6. The van der Waals surface area contributed by atoms with Gasteiger partial charge < -0.3 is 9.47 Å². The van der Waals surface area contributed by atoms with Gasteiger partial charge in [-0.05, 0) is 56.8 Å². The molecule has 1 aromatic heterocycles. The van der Waals surface area contributed by atoms with Crippen LogP contribution in [-0.4, -0.2) is 18.4 Å². The van der Waals surface area contributed by atoms with E-state index in [1.807, 2.05) is 24.5 Å². The van der Waals surface area contributed by atoms with Crippen LogP contribution in [0.4, 0.5) is 0 Å². The third-order valence-corrected chi connectivity index (χ3v) is 9.28. The summed E-state index contributed by atoms with van der Waals surface area (Å²) in [6.07, 6.45) is 3.77. The summed E-state index contributed by atoms with van der Waals surface area (Å²) >= 11 is 0. The molecule has 6 aromatic carbocycles. The SMILES string of the molecule is c1ccc(-c2ccccc2B2c3cnccc3Oc3c2ccc2c3B(c3ccccc3-c3ccccc3)c3ccccc3O2)cc1. The van der Waals surface area contributed by atoms with Gasteiger partial charge in [-0.1, -0.05) is 144 Å². The Kier molecular flexibility index (Phi) is 6.34. The molecule has 46 heavy (non-hydrogen) atoms. The molecule has 0 N–H and O–H groups in total. The topological polar surface area (TPSA) is 31.4 Å². The summed E-state index contributed by atoms with van der Waals surface area (Å²) in [7, 11) is 0. The third-order valence-electron chi connectivity index (χ3n) is 9.28. The van der Waals surface area contributed by atoms with Crippen LogP contribution in [0.2, 0.25) is 0 Å². The molecule has 0 saturated carbocycles. The van der Waals surface area contributed by atoms with Crippen molar-refractivity contribution in [3.05, 3.63) is 164 Å². The van der Waals surface area contributed by atoms with Gasteiger partial charge in [0.15, 0.2) is 0 Å². The number of pyridine rings is 1. The van der Waals surface area contributed by atoms with E-state index >= 15 is 0 Å². The summed E-state index contributed by atoms with van der Waals surface area (Å²) in [6.45, 7) is -0.198. The van der Waals surface area contributed by atoms with E-state index in [2.05, 4.69) is 145 Å². The van der Waals surface area contributed by atoms with Crippen LogP contribution in [0.3, 0.4) is 0 Å². The highest BCUT2D eigenvalue weighted by molar-refractivity contribution is 7.01.